The van der Waals surface area contributed by atoms with Crippen molar-refractivity contribution in [2.45, 2.75) is 83.8 Å². The number of hydrogen-bond donors (Lipinski definition) is 1. The van der Waals surface area contributed by atoms with Crippen LogP contribution in [0.25, 0.3) is 0 Å². The Morgan fingerprint density at radius 2 is 1.65 bits per heavy atom. The standard InChI is InChI=1S/C17H29NO5/c1-3-5-7-9-15(19)18-12-13(11-14(18)17(21)22)23-16(20)10-8-6-4-2/h13-14H,3-12H2,1-2H3,(H,21,22)/t13-,14-/m0/s1. The molecule has 1 fully saturated rings. The summed E-state index contributed by atoms with van der Waals surface area (Å²) in [5, 5.41) is 9.30. The number of esters is 1. The van der Waals surface area contributed by atoms with E-state index in [-0.39, 0.29) is 24.8 Å². The number of likely N-dealkylation sites (tertiary alicyclic amines) is 1. The van der Waals surface area contributed by atoms with Gasteiger partial charge in [-0.3, -0.25) is 9.59 Å². The van der Waals surface area contributed by atoms with Crippen molar-refractivity contribution in [3.63, 3.8) is 0 Å². The molecule has 132 valence electrons. The van der Waals surface area contributed by atoms with Crippen LogP contribution in [0.2, 0.25) is 0 Å². The summed E-state index contributed by atoms with van der Waals surface area (Å²) in [5.41, 5.74) is 0. The van der Waals surface area contributed by atoms with Gasteiger partial charge in [-0.1, -0.05) is 39.5 Å². The molecule has 2 atom stereocenters. The predicted molar refractivity (Wildman–Crippen MR) is 85.9 cm³/mol. The Balaban J connectivity index is 2.51. The van der Waals surface area contributed by atoms with E-state index in [2.05, 4.69) is 13.8 Å². The number of aliphatic carboxylic acids is 1. The van der Waals surface area contributed by atoms with Gasteiger partial charge in [-0.2, -0.15) is 0 Å². The Kier molecular flexibility index (Phi) is 8.66. The number of carbonyl (C=O) groups excluding carboxylic acids is 2. The number of ether oxygens (including phenoxy) is 1. The molecule has 1 aliphatic rings. The van der Waals surface area contributed by atoms with Crippen molar-refractivity contribution < 1.29 is 24.2 Å². The van der Waals surface area contributed by atoms with Gasteiger partial charge in [-0.25, -0.2) is 4.79 Å². The number of hydrogen-bond acceptors (Lipinski definition) is 4. The van der Waals surface area contributed by atoms with Crippen molar-refractivity contribution in [3.8, 4) is 0 Å². The Morgan fingerprint density at radius 3 is 2.22 bits per heavy atom. The van der Waals surface area contributed by atoms with Crippen LogP contribution in [0.3, 0.4) is 0 Å². The second kappa shape index (κ2) is 10.2. The first-order chi connectivity index (χ1) is 11.0. The van der Waals surface area contributed by atoms with Crippen molar-refractivity contribution in [3.05, 3.63) is 0 Å². The van der Waals surface area contributed by atoms with Crippen LogP contribution in [0.15, 0.2) is 0 Å². The molecule has 1 N–H and O–H groups in total. The minimum Gasteiger partial charge on any atom is -0.480 e. The second-order valence-electron chi connectivity index (χ2n) is 6.16. The molecule has 0 bridgehead atoms. The SMILES string of the molecule is CCCCCC(=O)O[C@H]1C[C@@H](C(=O)O)N(C(=O)CCCCC)C1. The second-order valence-corrected chi connectivity index (χ2v) is 6.16. The topological polar surface area (TPSA) is 83.9 Å². The highest BCUT2D eigenvalue weighted by Gasteiger charge is 2.40. The van der Waals surface area contributed by atoms with Crippen LogP contribution in [0, 0.1) is 0 Å². The third-order valence-corrected chi connectivity index (χ3v) is 4.14. The third-order valence-electron chi connectivity index (χ3n) is 4.14. The number of carbonyl (C=O) groups is 3. The summed E-state index contributed by atoms with van der Waals surface area (Å²) < 4.78 is 5.35. The highest BCUT2D eigenvalue weighted by molar-refractivity contribution is 5.84. The molecule has 0 aromatic rings. The smallest absolute Gasteiger partial charge is 0.326 e. The monoisotopic (exact) mass is 327 g/mol. The van der Waals surface area contributed by atoms with Gasteiger partial charge in [0.15, 0.2) is 0 Å². The molecular weight excluding hydrogens is 298 g/mol. The molecule has 0 unspecified atom stereocenters. The van der Waals surface area contributed by atoms with Gasteiger partial charge in [0.2, 0.25) is 5.91 Å². The van der Waals surface area contributed by atoms with Crippen molar-refractivity contribution in [1.29, 1.82) is 0 Å². The number of carboxylic acids is 1. The summed E-state index contributed by atoms with van der Waals surface area (Å²) in [6.07, 6.45) is 5.90. The largest absolute Gasteiger partial charge is 0.480 e. The van der Waals surface area contributed by atoms with Crippen LogP contribution < -0.4 is 0 Å². The molecule has 6 nitrogen and oxygen atoms in total. The van der Waals surface area contributed by atoms with Gasteiger partial charge in [-0.15, -0.1) is 0 Å². The molecule has 1 heterocycles. The molecule has 1 aliphatic heterocycles. The average molecular weight is 327 g/mol. The fraction of sp³-hybridized carbons (Fsp3) is 0.824. The van der Waals surface area contributed by atoms with Gasteiger partial charge in [0.25, 0.3) is 0 Å². The zero-order chi connectivity index (χ0) is 17.2. The first-order valence-corrected chi connectivity index (χ1v) is 8.71. The van der Waals surface area contributed by atoms with Gasteiger partial charge in [0, 0.05) is 19.3 Å². The molecular formula is C17H29NO5. The summed E-state index contributed by atoms with van der Waals surface area (Å²) >= 11 is 0. The van der Waals surface area contributed by atoms with E-state index in [1.54, 1.807) is 0 Å². The first kappa shape index (κ1) is 19.5. The van der Waals surface area contributed by atoms with Crippen LogP contribution in [-0.2, 0) is 19.1 Å². The first-order valence-electron chi connectivity index (χ1n) is 8.71. The number of rotatable bonds is 10. The Labute approximate surface area is 138 Å². The molecule has 0 aliphatic carbocycles. The van der Waals surface area contributed by atoms with Gasteiger partial charge in [0.1, 0.15) is 12.1 Å². The van der Waals surface area contributed by atoms with Crippen LogP contribution in [0.5, 0.6) is 0 Å². The lowest BCUT2D eigenvalue weighted by Gasteiger charge is -2.21. The lowest BCUT2D eigenvalue weighted by Crippen LogP contribution is -2.40. The van der Waals surface area contributed by atoms with E-state index in [9.17, 15) is 19.5 Å². The van der Waals surface area contributed by atoms with E-state index >= 15 is 0 Å². The summed E-state index contributed by atoms with van der Waals surface area (Å²) in [7, 11) is 0. The van der Waals surface area contributed by atoms with E-state index in [0.29, 0.717) is 12.8 Å². The lowest BCUT2D eigenvalue weighted by atomic mass is 10.1. The zero-order valence-corrected chi connectivity index (χ0v) is 14.3. The van der Waals surface area contributed by atoms with Crippen molar-refractivity contribution in [2.24, 2.45) is 0 Å². The molecule has 0 saturated carbocycles. The van der Waals surface area contributed by atoms with Crippen molar-refractivity contribution >= 4 is 17.8 Å². The Bertz CT molecular complexity index is 410. The molecule has 0 aromatic carbocycles. The normalized spacial score (nSPS) is 20.5. The predicted octanol–water partition coefficient (Wildman–Crippen LogP) is 2.74. The average Bonchev–Trinajstić information content (AvgIpc) is 2.92. The molecule has 1 amide bonds. The van der Waals surface area contributed by atoms with Gasteiger partial charge >= 0.3 is 11.9 Å². The number of carboxylic acid groups (broad SMARTS) is 1. The lowest BCUT2D eigenvalue weighted by molar-refractivity contribution is -0.149. The van der Waals surface area contributed by atoms with E-state index in [0.717, 1.165) is 38.5 Å². The van der Waals surface area contributed by atoms with E-state index in [4.69, 9.17) is 4.74 Å². The molecule has 23 heavy (non-hydrogen) atoms. The van der Waals surface area contributed by atoms with Crippen molar-refractivity contribution in [2.75, 3.05) is 6.54 Å². The summed E-state index contributed by atoms with van der Waals surface area (Å²) in [5.74, 6) is -1.48. The molecule has 0 spiro atoms. The highest BCUT2D eigenvalue weighted by atomic mass is 16.5. The van der Waals surface area contributed by atoms with Crippen LogP contribution in [0.4, 0.5) is 0 Å². The van der Waals surface area contributed by atoms with Crippen LogP contribution in [0.1, 0.15) is 71.6 Å². The maximum atomic E-state index is 12.2. The van der Waals surface area contributed by atoms with Crippen molar-refractivity contribution in [1.82, 2.24) is 4.90 Å². The number of unbranched alkanes of at least 4 members (excludes halogenated alkanes) is 4. The van der Waals surface area contributed by atoms with Crippen LogP contribution >= 0.6 is 0 Å². The van der Waals surface area contributed by atoms with Gasteiger partial charge in [-0.05, 0) is 12.8 Å². The summed E-state index contributed by atoms with van der Waals surface area (Å²) in [6.45, 7) is 4.30. The maximum absolute atomic E-state index is 12.2. The Morgan fingerprint density at radius 1 is 1.04 bits per heavy atom. The molecule has 0 radical (unpaired) electrons. The fourth-order valence-corrected chi connectivity index (χ4v) is 2.83. The van der Waals surface area contributed by atoms with Crippen LogP contribution in [-0.4, -0.2) is 46.5 Å². The molecule has 6 heteroatoms. The summed E-state index contributed by atoms with van der Waals surface area (Å²) in [4.78, 5) is 36.7. The Hall–Kier alpha value is -1.59. The molecule has 0 aromatic heterocycles. The number of nitrogens with zero attached hydrogens (tertiary/aromatic N) is 1. The number of amides is 1. The van der Waals surface area contributed by atoms with E-state index in [1.807, 2.05) is 0 Å². The van der Waals surface area contributed by atoms with Gasteiger partial charge < -0.3 is 14.7 Å². The molecule has 1 saturated heterocycles. The minimum atomic E-state index is -1.03. The van der Waals surface area contributed by atoms with E-state index in [1.165, 1.54) is 4.90 Å². The fourth-order valence-electron chi connectivity index (χ4n) is 2.83. The highest BCUT2D eigenvalue weighted by Crippen LogP contribution is 2.23. The van der Waals surface area contributed by atoms with E-state index < -0.39 is 18.1 Å². The maximum Gasteiger partial charge on any atom is 0.326 e. The summed E-state index contributed by atoms with van der Waals surface area (Å²) in [6, 6.07) is -0.877. The quantitative estimate of drug-likeness (QED) is 0.493. The molecule has 1 rings (SSSR count). The minimum absolute atomic E-state index is 0.157. The third kappa shape index (κ3) is 6.59. The van der Waals surface area contributed by atoms with Gasteiger partial charge in [0.05, 0.1) is 6.54 Å². The zero-order valence-electron chi connectivity index (χ0n) is 14.3.